The second kappa shape index (κ2) is 6.58. The van der Waals surface area contributed by atoms with Gasteiger partial charge in [-0.05, 0) is 24.3 Å². The third kappa shape index (κ3) is 3.37. The zero-order valence-electron chi connectivity index (χ0n) is 12.6. The fourth-order valence-corrected chi connectivity index (χ4v) is 2.49. The van der Waals surface area contributed by atoms with E-state index in [0.717, 1.165) is 5.56 Å². The van der Waals surface area contributed by atoms with Crippen LogP contribution in [0.5, 0.6) is 0 Å². The summed E-state index contributed by atoms with van der Waals surface area (Å²) in [5, 5.41) is 0. The highest BCUT2D eigenvalue weighted by Gasteiger charge is 2.19. The first-order chi connectivity index (χ1) is 11.1. The Labute approximate surface area is 133 Å². The quantitative estimate of drug-likeness (QED) is 0.926. The standard InChI is InChI=1S/C17H17N3O3/c18-16(21)15-6-2-5-14(19-15)12-3-1-4-13(11-12)17(22)20-7-9-23-10-8-20/h1-6,11H,7-10H2,(H2,18,21). The summed E-state index contributed by atoms with van der Waals surface area (Å²) in [7, 11) is 0. The summed E-state index contributed by atoms with van der Waals surface area (Å²) in [5.41, 5.74) is 7.44. The number of hydrogen-bond donors (Lipinski definition) is 1. The van der Waals surface area contributed by atoms with Crippen LogP contribution in [0.2, 0.25) is 0 Å². The number of ether oxygens (including phenoxy) is 1. The zero-order valence-corrected chi connectivity index (χ0v) is 12.6. The third-order valence-corrected chi connectivity index (χ3v) is 3.71. The van der Waals surface area contributed by atoms with Crippen LogP contribution in [0.15, 0.2) is 42.5 Å². The first kappa shape index (κ1) is 15.2. The van der Waals surface area contributed by atoms with Gasteiger partial charge in [-0.1, -0.05) is 18.2 Å². The number of benzene rings is 1. The molecule has 23 heavy (non-hydrogen) atoms. The summed E-state index contributed by atoms with van der Waals surface area (Å²) in [6, 6.07) is 12.3. The molecule has 0 saturated carbocycles. The van der Waals surface area contributed by atoms with Crippen molar-refractivity contribution in [3.63, 3.8) is 0 Å². The van der Waals surface area contributed by atoms with Crippen molar-refractivity contribution >= 4 is 11.8 Å². The molecule has 2 aromatic rings. The molecule has 1 saturated heterocycles. The molecule has 0 aliphatic carbocycles. The number of morpholine rings is 1. The highest BCUT2D eigenvalue weighted by Crippen LogP contribution is 2.20. The van der Waals surface area contributed by atoms with Gasteiger partial charge in [0.2, 0.25) is 0 Å². The van der Waals surface area contributed by atoms with E-state index in [2.05, 4.69) is 4.98 Å². The van der Waals surface area contributed by atoms with Gasteiger partial charge >= 0.3 is 0 Å². The molecule has 1 aromatic heterocycles. The molecular weight excluding hydrogens is 294 g/mol. The van der Waals surface area contributed by atoms with E-state index in [1.165, 1.54) is 0 Å². The van der Waals surface area contributed by atoms with Crippen molar-refractivity contribution in [2.75, 3.05) is 26.3 Å². The average Bonchev–Trinajstić information content (AvgIpc) is 2.62. The first-order valence-corrected chi connectivity index (χ1v) is 7.39. The molecule has 0 radical (unpaired) electrons. The summed E-state index contributed by atoms with van der Waals surface area (Å²) < 4.78 is 5.27. The number of rotatable bonds is 3. The fraction of sp³-hybridized carbons (Fsp3) is 0.235. The summed E-state index contributed by atoms with van der Waals surface area (Å²) in [5.74, 6) is -0.603. The Morgan fingerprint density at radius 1 is 1.09 bits per heavy atom. The van der Waals surface area contributed by atoms with Crippen LogP contribution in [0.1, 0.15) is 20.8 Å². The fourth-order valence-electron chi connectivity index (χ4n) is 2.49. The van der Waals surface area contributed by atoms with Crippen molar-refractivity contribution in [1.29, 1.82) is 0 Å². The number of amides is 2. The SMILES string of the molecule is NC(=O)c1cccc(-c2cccc(C(=O)N3CCOCC3)c2)n1. The van der Waals surface area contributed by atoms with Gasteiger partial charge in [0.15, 0.2) is 0 Å². The van der Waals surface area contributed by atoms with Crippen LogP contribution in [-0.4, -0.2) is 48.0 Å². The highest BCUT2D eigenvalue weighted by molar-refractivity contribution is 5.95. The van der Waals surface area contributed by atoms with Gasteiger partial charge in [-0.25, -0.2) is 4.98 Å². The molecule has 2 N–H and O–H groups in total. The number of hydrogen-bond acceptors (Lipinski definition) is 4. The van der Waals surface area contributed by atoms with Crippen LogP contribution in [0.3, 0.4) is 0 Å². The van der Waals surface area contributed by atoms with Crippen molar-refractivity contribution in [1.82, 2.24) is 9.88 Å². The smallest absolute Gasteiger partial charge is 0.267 e. The maximum atomic E-state index is 12.5. The number of aromatic nitrogens is 1. The Hall–Kier alpha value is -2.73. The van der Waals surface area contributed by atoms with Crippen molar-refractivity contribution < 1.29 is 14.3 Å². The lowest BCUT2D eigenvalue weighted by atomic mass is 10.1. The number of nitrogens with two attached hydrogens (primary N) is 1. The molecule has 2 amide bonds. The molecule has 0 unspecified atom stereocenters. The van der Waals surface area contributed by atoms with Crippen LogP contribution in [0.4, 0.5) is 0 Å². The summed E-state index contributed by atoms with van der Waals surface area (Å²) in [4.78, 5) is 29.8. The Morgan fingerprint density at radius 2 is 1.83 bits per heavy atom. The van der Waals surface area contributed by atoms with Crippen LogP contribution >= 0.6 is 0 Å². The number of carbonyl (C=O) groups is 2. The lowest BCUT2D eigenvalue weighted by Gasteiger charge is -2.27. The summed E-state index contributed by atoms with van der Waals surface area (Å²) in [6.07, 6.45) is 0. The summed E-state index contributed by atoms with van der Waals surface area (Å²) in [6.45, 7) is 2.32. The van der Waals surface area contributed by atoms with Gasteiger partial charge in [0, 0.05) is 24.2 Å². The van der Waals surface area contributed by atoms with E-state index in [0.29, 0.717) is 37.6 Å². The minimum Gasteiger partial charge on any atom is -0.378 e. The Balaban J connectivity index is 1.89. The first-order valence-electron chi connectivity index (χ1n) is 7.39. The maximum absolute atomic E-state index is 12.5. The Kier molecular flexibility index (Phi) is 4.34. The van der Waals surface area contributed by atoms with Crippen LogP contribution in [0.25, 0.3) is 11.3 Å². The molecule has 1 fully saturated rings. The van der Waals surface area contributed by atoms with E-state index in [-0.39, 0.29) is 11.6 Å². The van der Waals surface area contributed by atoms with Gasteiger partial charge in [0.1, 0.15) is 5.69 Å². The Bertz CT molecular complexity index is 739. The molecule has 1 aromatic carbocycles. The number of primary amides is 1. The van der Waals surface area contributed by atoms with Gasteiger partial charge < -0.3 is 15.4 Å². The normalized spacial score (nSPS) is 14.5. The summed E-state index contributed by atoms with van der Waals surface area (Å²) >= 11 is 0. The lowest BCUT2D eigenvalue weighted by molar-refractivity contribution is 0.0303. The van der Waals surface area contributed by atoms with Gasteiger partial charge in [-0.3, -0.25) is 9.59 Å². The zero-order chi connectivity index (χ0) is 16.2. The van der Waals surface area contributed by atoms with Crippen molar-refractivity contribution in [2.24, 2.45) is 5.73 Å². The van der Waals surface area contributed by atoms with Gasteiger partial charge in [0.25, 0.3) is 11.8 Å². The minimum absolute atomic E-state index is 0.0267. The van der Waals surface area contributed by atoms with E-state index < -0.39 is 5.91 Å². The van der Waals surface area contributed by atoms with Gasteiger partial charge in [-0.15, -0.1) is 0 Å². The van der Waals surface area contributed by atoms with Crippen molar-refractivity contribution in [3.8, 4) is 11.3 Å². The largest absolute Gasteiger partial charge is 0.378 e. The molecule has 1 aliphatic heterocycles. The molecule has 6 heteroatoms. The molecule has 0 bridgehead atoms. The van der Waals surface area contributed by atoms with E-state index in [9.17, 15) is 9.59 Å². The predicted molar refractivity (Wildman–Crippen MR) is 84.9 cm³/mol. The maximum Gasteiger partial charge on any atom is 0.267 e. The van der Waals surface area contributed by atoms with Crippen molar-refractivity contribution in [3.05, 3.63) is 53.7 Å². The highest BCUT2D eigenvalue weighted by atomic mass is 16.5. The van der Waals surface area contributed by atoms with Crippen molar-refractivity contribution in [2.45, 2.75) is 0 Å². The second-order valence-electron chi connectivity index (χ2n) is 5.26. The molecule has 0 atom stereocenters. The van der Waals surface area contributed by atoms with Crippen LogP contribution in [-0.2, 0) is 4.74 Å². The molecule has 6 nitrogen and oxygen atoms in total. The average molecular weight is 311 g/mol. The van der Waals surface area contributed by atoms with E-state index in [1.54, 1.807) is 35.2 Å². The van der Waals surface area contributed by atoms with Gasteiger partial charge in [-0.2, -0.15) is 0 Å². The molecule has 118 valence electrons. The number of pyridine rings is 1. The molecule has 2 heterocycles. The number of nitrogens with zero attached hydrogens (tertiary/aromatic N) is 2. The van der Waals surface area contributed by atoms with E-state index >= 15 is 0 Å². The molecule has 3 rings (SSSR count). The Morgan fingerprint density at radius 3 is 2.57 bits per heavy atom. The predicted octanol–water partition coefficient (Wildman–Crippen LogP) is 1.32. The number of carbonyl (C=O) groups excluding carboxylic acids is 2. The lowest BCUT2D eigenvalue weighted by Crippen LogP contribution is -2.40. The third-order valence-electron chi connectivity index (χ3n) is 3.71. The van der Waals surface area contributed by atoms with Crippen LogP contribution < -0.4 is 5.73 Å². The topological polar surface area (TPSA) is 85.5 Å². The molecule has 0 spiro atoms. The van der Waals surface area contributed by atoms with E-state index in [4.69, 9.17) is 10.5 Å². The molecular formula is C17H17N3O3. The minimum atomic E-state index is -0.576. The second-order valence-corrected chi connectivity index (χ2v) is 5.26. The molecule has 1 aliphatic rings. The monoisotopic (exact) mass is 311 g/mol. The van der Waals surface area contributed by atoms with Gasteiger partial charge in [0.05, 0.1) is 18.9 Å². The van der Waals surface area contributed by atoms with E-state index in [1.807, 2.05) is 12.1 Å². The van der Waals surface area contributed by atoms with Crippen LogP contribution in [0, 0.1) is 0 Å².